The third kappa shape index (κ3) is 43.7. The van der Waals surface area contributed by atoms with Gasteiger partial charge in [0.1, 0.15) is 24.4 Å². The monoisotopic (exact) mass is 1080 g/mol. The largest absolute Gasteiger partial charge is 0.466 e. The highest BCUT2D eigenvalue weighted by molar-refractivity contribution is 5.76. The number of aliphatic hydroxyl groups is 5. The van der Waals surface area contributed by atoms with Gasteiger partial charge in [-0.25, -0.2) is 0 Å². The molecule has 0 bridgehead atoms. The fraction of sp³-hybridized carbons (Fsp3) is 0.877. The van der Waals surface area contributed by atoms with Gasteiger partial charge < -0.3 is 45.1 Å². The molecular weight excluding hydrogens is 955 g/mol. The molecule has 1 aliphatic heterocycles. The Morgan fingerprint density at radius 3 is 1.33 bits per heavy atom. The van der Waals surface area contributed by atoms with Crippen molar-refractivity contribution in [1.29, 1.82) is 0 Å². The minimum absolute atomic E-state index is 0.000660. The van der Waals surface area contributed by atoms with E-state index in [1.165, 1.54) is 212 Å². The molecule has 1 fully saturated rings. The molecule has 1 aliphatic rings. The number of unbranched alkanes of at least 4 members (excludes halogenated alkanes) is 38. The molecule has 76 heavy (non-hydrogen) atoms. The zero-order valence-electron chi connectivity index (χ0n) is 49.2. The van der Waals surface area contributed by atoms with Gasteiger partial charge in [0.15, 0.2) is 6.29 Å². The lowest BCUT2D eigenvalue weighted by Gasteiger charge is -2.40. The van der Waals surface area contributed by atoms with Gasteiger partial charge in [0, 0.05) is 12.8 Å². The first kappa shape index (κ1) is 71.9. The molecule has 1 saturated heterocycles. The second kappa shape index (κ2) is 54.8. The summed E-state index contributed by atoms with van der Waals surface area (Å²) in [6, 6.07) is -0.811. The minimum Gasteiger partial charge on any atom is -0.466 e. The maximum absolute atomic E-state index is 13.0. The Morgan fingerprint density at radius 2 is 0.882 bits per heavy atom. The van der Waals surface area contributed by atoms with E-state index in [9.17, 15) is 35.1 Å². The fourth-order valence-corrected chi connectivity index (χ4v) is 10.1. The predicted molar refractivity (Wildman–Crippen MR) is 315 cm³/mol. The number of nitrogens with one attached hydrogen (secondary N) is 1. The lowest BCUT2D eigenvalue weighted by molar-refractivity contribution is -0.302. The molecule has 0 saturated carbocycles. The summed E-state index contributed by atoms with van der Waals surface area (Å²) in [6.45, 7) is 4.33. The number of amides is 1. The van der Waals surface area contributed by atoms with Crippen LogP contribution in [0.2, 0.25) is 0 Å². The molecule has 6 N–H and O–H groups in total. The molecule has 0 aromatic heterocycles. The molecule has 7 atom stereocenters. The van der Waals surface area contributed by atoms with E-state index < -0.39 is 49.5 Å². The number of ether oxygens (including phenoxy) is 3. The zero-order valence-corrected chi connectivity index (χ0v) is 49.2. The van der Waals surface area contributed by atoms with Crippen LogP contribution in [-0.2, 0) is 23.8 Å². The summed E-state index contributed by atoms with van der Waals surface area (Å²) in [4.78, 5) is 25.0. The fourth-order valence-electron chi connectivity index (χ4n) is 10.1. The van der Waals surface area contributed by atoms with Crippen LogP contribution >= 0.6 is 0 Å². The van der Waals surface area contributed by atoms with E-state index in [0.29, 0.717) is 19.4 Å². The van der Waals surface area contributed by atoms with E-state index in [1.807, 2.05) is 6.08 Å². The third-order valence-electron chi connectivity index (χ3n) is 15.2. The topological polar surface area (TPSA) is 175 Å². The Labute approximate surface area is 466 Å². The molecule has 11 nitrogen and oxygen atoms in total. The van der Waals surface area contributed by atoms with Crippen molar-refractivity contribution in [2.75, 3.05) is 19.8 Å². The Hall–Kier alpha value is -2.12. The van der Waals surface area contributed by atoms with Crippen LogP contribution in [0.25, 0.3) is 0 Å². The van der Waals surface area contributed by atoms with Crippen LogP contribution in [-0.4, -0.2) is 100 Å². The molecule has 1 rings (SSSR count). The van der Waals surface area contributed by atoms with Crippen LogP contribution in [0.5, 0.6) is 0 Å². The van der Waals surface area contributed by atoms with Crippen LogP contribution in [0.15, 0.2) is 36.5 Å². The summed E-state index contributed by atoms with van der Waals surface area (Å²) < 4.78 is 16.7. The van der Waals surface area contributed by atoms with E-state index in [1.54, 1.807) is 6.08 Å². The molecule has 1 heterocycles. The van der Waals surface area contributed by atoms with Crippen molar-refractivity contribution in [1.82, 2.24) is 5.32 Å². The normalized spacial score (nSPS) is 18.9. The van der Waals surface area contributed by atoms with Crippen molar-refractivity contribution in [2.45, 2.75) is 346 Å². The van der Waals surface area contributed by atoms with Crippen molar-refractivity contribution in [2.24, 2.45) is 0 Å². The summed E-state index contributed by atoms with van der Waals surface area (Å²) in [5, 5.41) is 54.3. The van der Waals surface area contributed by atoms with Gasteiger partial charge in [-0.05, 0) is 64.2 Å². The number of esters is 1. The highest BCUT2D eigenvalue weighted by Crippen LogP contribution is 2.23. The highest BCUT2D eigenvalue weighted by atomic mass is 16.7. The smallest absolute Gasteiger partial charge is 0.305 e. The first-order valence-electron chi connectivity index (χ1n) is 32.3. The van der Waals surface area contributed by atoms with Crippen molar-refractivity contribution >= 4 is 11.9 Å². The number of hydrogen-bond donors (Lipinski definition) is 6. The van der Waals surface area contributed by atoms with Crippen LogP contribution in [0.1, 0.15) is 303 Å². The lowest BCUT2D eigenvalue weighted by Crippen LogP contribution is -2.60. The Morgan fingerprint density at radius 1 is 0.487 bits per heavy atom. The number of carbonyl (C=O) groups excluding carboxylic acids is 2. The Bertz CT molecular complexity index is 1360. The third-order valence-corrected chi connectivity index (χ3v) is 15.2. The molecule has 0 radical (unpaired) electrons. The van der Waals surface area contributed by atoms with Gasteiger partial charge in [0.25, 0.3) is 0 Å². The summed E-state index contributed by atoms with van der Waals surface area (Å²) >= 11 is 0. The maximum Gasteiger partial charge on any atom is 0.305 e. The second-order valence-electron chi connectivity index (χ2n) is 22.5. The highest BCUT2D eigenvalue weighted by Gasteiger charge is 2.44. The van der Waals surface area contributed by atoms with Crippen LogP contribution in [0.3, 0.4) is 0 Å². The van der Waals surface area contributed by atoms with Gasteiger partial charge in [0.05, 0.1) is 32.0 Å². The van der Waals surface area contributed by atoms with Crippen molar-refractivity contribution < 1.29 is 49.3 Å². The van der Waals surface area contributed by atoms with Crippen molar-refractivity contribution in [3.05, 3.63) is 36.5 Å². The average Bonchev–Trinajstić information content (AvgIpc) is 3.42. The Balaban J connectivity index is 2.00. The molecule has 0 spiro atoms. The molecule has 7 unspecified atom stereocenters. The van der Waals surface area contributed by atoms with E-state index in [-0.39, 0.29) is 18.5 Å². The number of aliphatic hydroxyl groups excluding tert-OH is 5. The minimum atomic E-state index is -1.57. The number of carbonyl (C=O) groups is 2. The van der Waals surface area contributed by atoms with E-state index in [2.05, 4.69) is 43.5 Å². The predicted octanol–water partition coefficient (Wildman–Crippen LogP) is 15.5. The van der Waals surface area contributed by atoms with Crippen LogP contribution < -0.4 is 5.32 Å². The average molecular weight is 1080 g/mol. The van der Waals surface area contributed by atoms with E-state index >= 15 is 0 Å². The summed E-state index contributed by atoms with van der Waals surface area (Å²) in [7, 11) is 0. The molecule has 11 heteroatoms. The van der Waals surface area contributed by atoms with Gasteiger partial charge in [-0.2, -0.15) is 0 Å². The molecule has 0 aromatic rings. The first-order valence-corrected chi connectivity index (χ1v) is 32.3. The van der Waals surface area contributed by atoms with E-state index in [4.69, 9.17) is 14.2 Å². The van der Waals surface area contributed by atoms with Gasteiger partial charge in [-0.15, -0.1) is 0 Å². The molecule has 1 amide bonds. The van der Waals surface area contributed by atoms with Gasteiger partial charge in [-0.1, -0.05) is 262 Å². The van der Waals surface area contributed by atoms with Gasteiger partial charge in [-0.3, -0.25) is 9.59 Å². The lowest BCUT2D eigenvalue weighted by atomic mass is 9.99. The SMILES string of the molecule is CCCCCCCCCC/C=C/C(O)C(COC1OC(CO)C(O)C(O)C1O)NC(=O)CCCCCCCCCCCCC/C=C\C/C=C\CCCCCCCCCCCOC(=O)CCCCCCCCCCCCC. The molecule has 0 aliphatic carbocycles. The second-order valence-corrected chi connectivity index (χ2v) is 22.5. The quantitative estimate of drug-likeness (QED) is 0.0195. The Kier molecular flexibility index (Phi) is 51.9. The molecular formula is C65H121NO10. The van der Waals surface area contributed by atoms with E-state index in [0.717, 1.165) is 64.2 Å². The summed E-state index contributed by atoms with van der Waals surface area (Å²) in [5.74, 6) is -0.185. The molecule has 0 aromatic carbocycles. The summed E-state index contributed by atoms with van der Waals surface area (Å²) in [5.41, 5.74) is 0. The molecule has 446 valence electrons. The number of allylic oxidation sites excluding steroid dienone is 5. The van der Waals surface area contributed by atoms with Crippen LogP contribution in [0, 0.1) is 0 Å². The van der Waals surface area contributed by atoms with Crippen molar-refractivity contribution in [3.8, 4) is 0 Å². The van der Waals surface area contributed by atoms with Gasteiger partial charge in [0.2, 0.25) is 5.91 Å². The number of rotatable bonds is 56. The number of hydrogen-bond acceptors (Lipinski definition) is 10. The van der Waals surface area contributed by atoms with Crippen LogP contribution in [0.4, 0.5) is 0 Å². The zero-order chi connectivity index (χ0) is 55.2. The standard InChI is InChI=1S/C65H121NO10/c1-3-5-7-9-11-13-32-37-41-45-49-53-61(70)74-54-50-46-42-38-34-31-29-27-25-23-21-19-17-15-16-18-20-22-24-26-28-30-33-36-40-44-48-52-60(69)66-57(56-75-65-64(73)63(72)62(71)59(55-67)76-65)58(68)51-47-43-39-35-14-12-10-8-6-4-2/h15-16,19,21,47,51,57-59,62-65,67-68,71-73H,3-14,17-18,20,22-46,48-50,52-56H2,1-2H3,(H,66,69)/b16-15-,21-19-,51-47+. The summed E-state index contributed by atoms with van der Waals surface area (Å²) in [6.07, 6.45) is 58.3. The van der Waals surface area contributed by atoms with Crippen molar-refractivity contribution in [3.63, 3.8) is 0 Å². The van der Waals surface area contributed by atoms with Gasteiger partial charge >= 0.3 is 5.97 Å². The first-order chi connectivity index (χ1) is 37.2. The maximum atomic E-state index is 13.0.